The highest BCUT2D eigenvalue weighted by Crippen LogP contribution is 2.16. The minimum absolute atomic E-state index is 0. The average molecular weight is 272 g/mol. The Labute approximate surface area is 112 Å². The van der Waals surface area contributed by atoms with Crippen LogP contribution in [0.25, 0.3) is 0 Å². The van der Waals surface area contributed by atoms with Crippen molar-refractivity contribution in [3.8, 4) is 0 Å². The summed E-state index contributed by atoms with van der Waals surface area (Å²) < 4.78 is 1.42. The summed E-state index contributed by atoms with van der Waals surface area (Å²) in [6.07, 6.45) is 3.59. The van der Waals surface area contributed by atoms with Crippen LogP contribution in [0, 0.1) is 0 Å². The summed E-state index contributed by atoms with van der Waals surface area (Å²) in [4.78, 5) is 25.3. The molecule has 5 nitrogen and oxygen atoms in total. The van der Waals surface area contributed by atoms with Crippen LogP contribution < -0.4 is 11.3 Å². The van der Waals surface area contributed by atoms with Crippen LogP contribution in [0.3, 0.4) is 0 Å². The molecule has 1 atom stereocenters. The summed E-state index contributed by atoms with van der Waals surface area (Å²) in [5.74, 6) is -0.0220. The molecule has 0 spiro atoms. The molecule has 0 bridgehead atoms. The molecule has 1 saturated heterocycles. The van der Waals surface area contributed by atoms with Crippen molar-refractivity contribution in [1.29, 1.82) is 0 Å². The summed E-state index contributed by atoms with van der Waals surface area (Å²) in [5, 5.41) is 0. The lowest BCUT2D eigenvalue weighted by Crippen LogP contribution is -2.42. The highest BCUT2D eigenvalue weighted by molar-refractivity contribution is 5.85. The van der Waals surface area contributed by atoms with E-state index in [-0.39, 0.29) is 36.5 Å². The number of aromatic nitrogens is 1. The molecule has 1 aromatic heterocycles. The van der Waals surface area contributed by atoms with E-state index in [1.54, 1.807) is 23.2 Å². The maximum atomic E-state index is 12.0. The Hall–Kier alpha value is -1.33. The van der Waals surface area contributed by atoms with E-state index in [0.717, 1.165) is 19.4 Å². The summed E-state index contributed by atoms with van der Waals surface area (Å²) >= 11 is 0. The van der Waals surface area contributed by atoms with Gasteiger partial charge in [0.15, 0.2) is 0 Å². The molecule has 1 aliphatic rings. The highest BCUT2D eigenvalue weighted by atomic mass is 35.5. The molecular weight excluding hydrogens is 254 g/mol. The van der Waals surface area contributed by atoms with Crippen LogP contribution in [0.4, 0.5) is 0 Å². The van der Waals surface area contributed by atoms with Gasteiger partial charge in [-0.2, -0.15) is 0 Å². The molecule has 2 N–H and O–H groups in total. The Bertz CT molecular complexity index is 461. The zero-order valence-corrected chi connectivity index (χ0v) is 10.9. The van der Waals surface area contributed by atoms with E-state index in [1.807, 2.05) is 0 Å². The lowest BCUT2D eigenvalue weighted by Gasteiger charge is -2.23. The fourth-order valence-electron chi connectivity index (χ4n) is 2.24. The van der Waals surface area contributed by atoms with Gasteiger partial charge in [0, 0.05) is 31.4 Å². The Balaban J connectivity index is 0.00000162. The van der Waals surface area contributed by atoms with E-state index in [4.69, 9.17) is 5.73 Å². The Morgan fingerprint density at radius 1 is 1.44 bits per heavy atom. The summed E-state index contributed by atoms with van der Waals surface area (Å²) in [6.45, 7) is 1.36. The number of rotatable bonds is 3. The van der Waals surface area contributed by atoms with Crippen molar-refractivity contribution in [3.63, 3.8) is 0 Å². The summed E-state index contributed by atoms with van der Waals surface area (Å²) in [7, 11) is 0. The van der Waals surface area contributed by atoms with Gasteiger partial charge in [-0.1, -0.05) is 6.07 Å². The molecule has 1 fully saturated rings. The minimum Gasteiger partial charge on any atom is -0.337 e. The van der Waals surface area contributed by atoms with Crippen LogP contribution in [0.5, 0.6) is 0 Å². The van der Waals surface area contributed by atoms with Crippen LogP contribution in [0.1, 0.15) is 12.8 Å². The van der Waals surface area contributed by atoms with E-state index in [2.05, 4.69) is 0 Å². The average Bonchev–Trinajstić information content (AvgIpc) is 2.80. The van der Waals surface area contributed by atoms with Crippen LogP contribution in [-0.4, -0.2) is 34.5 Å². The number of pyridine rings is 1. The number of halogens is 1. The number of carbonyl (C=O) groups is 1. The number of nitrogens with two attached hydrogens (primary N) is 1. The van der Waals surface area contributed by atoms with Gasteiger partial charge in [0.2, 0.25) is 5.91 Å². The molecular formula is C12H18ClN3O2. The topological polar surface area (TPSA) is 68.3 Å². The van der Waals surface area contributed by atoms with E-state index < -0.39 is 0 Å². The number of hydrogen-bond donors (Lipinski definition) is 1. The molecule has 1 aromatic rings. The lowest BCUT2D eigenvalue weighted by molar-refractivity contribution is -0.132. The molecule has 6 heteroatoms. The van der Waals surface area contributed by atoms with Gasteiger partial charge in [-0.05, 0) is 18.9 Å². The third-order valence-electron chi connectivity index (χ3n) is 3.17. The van der Waals surface area contributed by atoms with Crippen molar-refractivity contribution in [2.45, 2.75) is 25.4 Å². The second-order valence-corrected chi connectivity index (χ2v) is 4.29. The molecule has 1 amide bonds. The van der Waals surface area contributed by atoms with Gasteiger partial charge in [-0.3, -0.25) is 9.59 Å². The van der Waals surface area contributed by atoms with Gasteiger partial charge in [-0.15, -0.1) is 12.4 Å². The predicted octanol–water partition coefficient (Wildman–Crippen LogP) is 0.220. The minimum atomic E-state index is -0.149. The van der Waals surface area contributed by atoms with Crippen LogP contribution in [-0.2, 0) is 11.3 Å². The second kappa shape index (κ2) is 6.56. The first-order valence-electron chi connectivity index (χ1n) is 5.87. The zero-order chi connectivity index (χ0) is 12.3. The molecule has 0 aliphatic carbocycles. The third kappa shape index (κ3) is 3.11. The fourth-order valence-corrected chi connectivity index (χ4v) is 2.24. The van der Waals surface area contributed by atoms with Gasteiger partial charge in [0.05, 0.1) is 0 Å². The Morgan fingerprint density at radius 3 is 2.89 bits per heavy atom. The monoisotopic (exact) mass is 271 g/mol. The van der Waals surface area contributed by atoms with Gasteiger partial charge >= 0.3 is 0 Å². The molecule has 0 saturated carbocycles. The molecule has 100 valence electrons. The first kappa shape index (κ1) is 14.7. The SMILES string of the molecule is Cl.NCC1CCCN1C(=O)Cn1ccccc1=O. The summed E-state index contributed by atoms with van der Waals surface area (Å²) in [5.41, 5.74) is 5.47. The third-order valence-corrected chi connectivity index (χ3v) is 3.17. The molecule has 1 unspecified atom stereocenters. The fraction of sp³-hybridized carbons (Fsp3) is 0.500. The van der Waals surface area contributed by atoms with Crippen molar-refractivity contribution < 1.29 is 4.79 Å². The molecule has 0 radical (unpaired) electrons. The number of nitrogens with zero attached hydrogens (tertiary/aromatic N) is 2. The van der Waals surface area contributed by atoms with E-state index in [0.29, 0.717) is 6.54 Å². The standard InChI is InChI=1S/C12H17N3O2.ClH/c13-8-10-4-3-7-15(10)12(17)9-14-6-2-1-5-11(14)16;/h1-2,5-6,10H,3-4,7-9,13H2;1H. The Morgan fingerprint density at radius 2 is 2.22 bits per heavy atom. The lowest BCUT2D eigenvalue weighted by atomic mass is 10.2. The maximum absolute atomic E-state index is 12.0. The van der Waals surface area contributed by atoms with Crippen LogP contribution in [0.15, 0.2) is 29.2 Å². The highest BCUT2D eigenvalue weighted by Gasteiger charge is 2.27. The molecule has 2 rings (SSSR count). The largest absolute Gasteiger partial charge is 0.337 e. The van der Waals surface area contributed by atoms with Crippen molar-refractivity contribution in [2.75, 3.05) is 13.1 Å². The molecule has 1 aliphatic heterocycles. The predicted molar refractivity (Wildman–Crippen MR) is 71.7 cm³/mol. The van der Waals surface area contributed by atoms with Crippen molar-refractivity contribution in [1.82, 2.24) is 9.47 Å². The molecule has 18 heavy (non-hydrogen) atoms. The number of likely N-dealkylation sites (tertiary alicyclic amines) is 1. The van der Waals surface area contributed by atoms with Gasteiger partial charge < -0.3 is 15.2 Å². The van der Waals surface area contributed by atoms with E-state index in [1.165, 1.54) is 10.6 Å². The normalized spacial score (nSPS) is 18.5. The van der Waals surface area contributed by atoms with E-state index in [9.17, 15) is 9.59 Å². The maximum Gasteiger partial charge on any atom is 0.250 e. The van der Waals surface area contributed by atoms with E-state index >= 15 is 0 Å². The van der Waals surface area contributed by atoms with Gasteiger partial charge in [0.25, 0.3) is 5.56 Å². The molecule has 0 aromatic carbocycles. The summed E-state index contributed by atoms with van der Waals surface area (Å²) in [6, 6.07) is 5.01. The Kier molecular flexibility index (Phi) is 5.37. The quantitative estimate of drug-likeness (QED) is 0.855. The molecule has 2 heterocycles. The van der Waals surface area contributed by atoms with Gasteiger partial charge in [-0.25, -0.2) is 0 Å². The smallest absolute Gasteiger partial charge is 0.250 e. The van der Waals surface area contributed by atoms with Crippen LogP contribution in [0.2, 0.25) is 0 Å². The number of amides is 1. The van der Waals surface area contributed by atoms with Crippen LogP contribution >= 0.6 is 12.4 Å². The zero-order valence-electron chi connectivity index (χ0n) is 10.1. The van der Waals surface area contributed by atoms with Crippen molar-refractivity contribution >= 4 is 18.3 Å². The number of hydrogen-bond acceptors (Lipinski definition) is 3. The van der Waals surface area contributed by atoms with Crippen molar-refractivity contribution in [2.24, 2.45) is 5.73 Å². The van der Waals surface area contributed by atoms with Gasteiger partial charge in [0.1, 0.15) is 6.54 Å². The van der Waals surface area contributed by atoms with Crippen molar-refractivity contribution in [3.05, 3.63) is 34.7 Å². The first-order chi connectivity index (χ1) is 8.22. The second-order valence-electron chi connectivity index (χ2n) is 4.29. The first-order valence-corrected chi connectivity index (χ1v) is 5.87. The number of carbonyl (C=O) groups excluding carboxylic acids is 1.